The van der Waals surface area contributed by atoms with E-state index < -0.39 is 21.2 Å². The van der Waals surface area contributed by atoms with Gasteiger partial charge in [-0.3, -0.25) is 4.79 Å². The second-order valence-electron chi connectivity index (χ2n) is 5.81. The maximum Gasteiger partial charge on any atom is 0.320 e. The highest BCUT2D eigenvalue weighted by Gasteiger charge is 2.43. The van der Waals surface area contributed by atoms with Gasteiger partial charge in [0.05, 0.1) is 16.9 Å². The molecule has 2 saturated heterocycles. The van der Waals surface area contributed by atoms with Gasteiger partial charge < -0.3 is 14.9 Å². The predicted molar refractivity (Wildman–Crippen MR) is 72.2 cm³/mol. The van der Waals surface area contributed by atoms with E-state index in [9.17, 15) is 18.0 Å². The van der Waals surface area contributed by atoms with Crippen LogP contribution in [0.1, 0.15) is 19.8 Å². The summed E-state index contributed by atoms with van der Waals surface area (Å²) in [4.78, 5) is 26.6. The highest BCUT2D eigenvalue weighted by atomic mass is 32.2. The highest BCUT2D eigenvalue weighted by molar-refractivity contribution is 7.91. The van der Waals surface area contributed by atoms with E-state index in [4.69, 9.17) is 5.11 Å². The molecule has 2 aliphatic heterocycles. The number of carboxylic acid groups (broad SMARTS) is 1. The number of amides is 2. The minimum absolute atomic E-state index is 0.0111. The number of rotatable bonds is 1. The Morgan fingerprint density at radius 1 is 1.10 bits per heavy atom. The van der Waals surface area contributed by atoms with E-state index in [1.807, 2.05) is 0 Å². The van der Waals surface area contributed by atoms with Crippen LogP contribution in [0.2, 0.25) is 0 Å². The van der Waals surface area contributed by atoms with E-state index in [2.05, 4.69) is 0 Å². The van der Waals surface area contributed by atoms with Crippen LogP contribution >= 0.6 is 0 Å². The van der Waals surface area contributed by atoms with Gasteiger partial charge in [0.15, 0.2) is 9.84 Å². The van der Waals surface area contributed by atoms with E-state index in [1.165, 1.54) is 9.80 Å². The number of carbonyl (C=O) groups is 2. The maximum atomic E-state index is 12.3. The third kappa shape index (κ3) is 3.05. The first-order chi connectivity index (χ1) is 9.23. The van der Waals surface area contributed by atoms with Crippen molar-refractivity contribution in [2.75, 3.05) is 37.7 Å². The van der Waals surface area contributed by atoms with E-state index in [1.54, 1.807) is 6.92 Å². The van der Waals surface area contributed by atoms with Crippen molar-refractivity contribution in [3.8, 4) is 0 Å². The molecule has 1 N–H and O–H groups in total. The molecule has 0 bridgehead atoms. The molecule has 114 valence electrons. The lowest BCUT2D eigenvalue weighted by molar-refractivity contribution is -0.147. The zero-order valence-corrected chi connectivity index (χ0v) is 12.4. The van der Waals surface area contributed by atoms with E-state index in [-0.39, 0.29) is 30.6 Å². The standard InChI is InChI=1S/C12H20N2O5S/c1-12(10(15)16)3-5-14(9-12)11(17)13-4-2-7-20(18,19)8-6-13/h2-9H2,1H3,(H,15,16). The van der Waals surface area contributed by atoms with Crippen molar-refractivity contribution >= 4 is 21.8 Å². The number of hydrogen-bond donors (Lipinski definition) is 1. The zero-order chi connectivity index (χ0) is 15.0. The molecule has 1 unspecified atom stereocenters. The molecule has 0 saturated carbocycles. The first-order valence-corrected chi connectivity index (χ1v) is 8.53. The van der Waals surface area contributed by atoms with Crippen LogP contribution in [0.5, 0.6) is 0 Å². The zero-order valence-electron chi connectivity index (χ0n) is 11.5. The molecule has 2 fully saturated rings. The van der Waals surface area contributed by atoms with Gasteiger partial charge in [-0.1, -0.05) is 0 Å². The first-order valence-electron chi connectivity index (χ1n) is 6.71. The molecule has 0 aliphatic carbocycles. The summed E-state index contributed by atoms with van der Waals surface area (Å²) in [5, 5.41) is 9.17. The fourth-order valence-corrected chi connectivity index (χ4v) is 3.90. The molecule has 7 nitrogen and oxygen atoms in total. The molecule has 0 aromatic rings. The van der Waals surface area contributed by atoms with E-state index in [0.717, 1.165) is 0 Å². The summed E-state index contributed by atoms with van der Waals surface area (Å²) < 4.78 is 23.0. The van der Waals surface area contributed by atoms with Gasteiger partial charge in [0.2, 0.25) is 0 Å². The minimum Gasteiger partial charge on any atom is -0.481 e. The quantitative estimate of drug-likeness (QED) is 0.737. The SMILES string of the molecule is CC1(C(=O)O)CCN(C(=O)N2CCCS(=O)(=O)CC2)C1. The smallest absolute Gasteiger partial charge is 0.320 e. The number of urea groups is 1. The molecular formula is C12H20N2O5S. The summed E-state index contributed by atoms with van der Waals surface area (Å²) in [7, 11) is -3.05. The number of likely N-dealkylation sites (tertiary alicyclic amines) is 1. The third-order valence-corrected chi connectivity index (χ3v) is 5.80. The number of aliphatic carboxylic acids is 1. The lowest BCUT2D eigenvalue weighted by atomic mass is 9.90. The number of sulfone groups is 1. The van der Waals surface area contributed by atoms with Crippen LogP contribution in [0.4, 0.5) is 4.79 Å². The van der Waals surface area contributed by atoms with Gasteiger partial charge in [-0.2, -0.15) is 0 Å². The van der Waals surface area contributed by atoms with Crippen molar-refractivity contribution in [1.82, 2.24) is 9.80 Å². The molecule has 2 heterocycles. The van der Waals surface area contributed by atoms with Crippen LogP contribution in [0, 0.1) is 5.41 Å². The first kappa shape index (κ1) is 15.1. The monoisotopic (exact) mass is 304 g/mol. The van der Waals surface area contributed by atoms with Crippen molar-refractivity contribution in [2.24, 2.45) is 5.41 Å². The van der Waals surface area contributed by atoms with Gasteiger partial charge in [0.25, 0.3) is 0 Å². The summed E-state index contributed by atoms with van der Waals surface area (Å²) in [5.41, 5.74) is -0.895. The minimum atomic E-state index is -3.05. The van der Waals surface area contributed by atoms with Gasteiger partial charge in [-0.05, 0) is 19.8 Å². The molecule has 2 amide bonds. The topological polar surface area (TPSA) is 95.0 Å². The molecule has 0 aromatic carbocycles. The Morgan fingerprint density at radius 2 is 1.80 bits per heavy atom. The molecule has 8 heteroatoms. The number of nitrogens with zero attached hydrogens (tertiary/aromatic N) is 2. The lowest BCUT2D eigenvalue weighted by Gasteiger charge is -2.27. The number of carboxylic acids is 1. The van der Waals surface area contributed by atoms with Gasteiger partial charge in [-0.25, -0.2) is 13.2 Å². The van der Waals surface area contributed by atoms with Gasteiger partial charge >= 0.3 is 12.0 Å². The van der Waals surface area contributed by atoms with Crippen molar-refractivity contribution in [3.63, 3.8) is 0 Å². The molecule has 0 aromatic heterocycles. The summed E-state index contributed by atoms with van der Waals surface area (Å²) in [5.74, 6) is -0.793. The summed E-state index contributed by atoms with van der Waals surface area (Å²) in [6.07, 6.45) is 0.873. The van der Waals surface area contributed by atoms with Crippen LogP contribution in [0.3, 0.4) is 0 Å². The van der Waals surface area contributed by atoms with E-state index >= 15 is 0 Å². The van der Waals surface area contributed by atoms with Crippen LogP contribution in [0.15, 0.2) is 0 Å². The molecular weight excluding hydrogens is 284 g/mol. The van der Waals surface area contributed by atoms with Crippen molar-refractivity contribution in [3.05, 3.63) is 0 Å². The predicted octanol–water partition coefficient (Wildman–Crippen LogP) is 0.0235. The van der Waals surface area contributed by atoms with Crippen LogP contribution in [-0.2, 0) is 14.6 Å². The fourth-order valence-electron chi connectivity index (χ4n) is 2.63. The average molecular weight is 304 g/mol. The van der Waals surface area contributed by atoms with Gasteiger partial charge in [0, 0.05) is 26.2 Å². The second kappa shape index (κ2) is 5.23. The van der Waals surface area contributed by atoms with Crippen LogP contribution in [-0.4, -0.2) is 73.0 Å². The van der Waals surface area contributed by atoms with Gasteiger partial charge in [-0.15, -0.1) is 0 Å². The Labute approximate surface area is 118 Å². The molecule has 2 aliphatic rings. The average Bonchev–Trinajstić information content (AvgIpc) is 2.67. The largest absolute Gasteiger partial charge is 0.481 e. The second-order valence-corrected chi connectivity index (χ2v) is 8.12. The normalized spacial score (nSPS) is 30.1. The van der Waals surface area contributed by atoms with Crippen molar-refractivity contribution in [2.45, 2.75) is 19.8 Å². The molecule has 0 radical (unpaired) electrons. The summed E-state index contributed by atoms with van der Waals surface area (Å²) in [6.45, 7) is 2.84. The lowest BCUT2D eigenvalue weighted by Crippen LogP contribution is -2.44. The molecule has 20 heavy (non-hydrogen) atoms. The Balaban J connectivity index is 2.01. The van der Waals surface area contributed by atoms with Crippen molar-refractivity contribution in [1.29, 1.82) is 0 Å². The third-order valence-electron chi connectivity index (χ3n) is 4.09. The summed E-state index contributed by atoms with van der Waals surface area (Å²) in [6, 6.07) is -0.243. The maximum absolute atomic E-state index is 12.3. The fraction of sp³-hybridized carbons (Fsp3) is 0.833. The summed E-state index contributed by atoms with van der Waals surface area (Å²) >= 11 is 0. The van der Waals surface area contributed by atoms with E-state index in [0.29, 0.717) is 25.9 Å². The number of hydrogen-bond acceptors (Lipinski definition) is 4. The van der Waals surface area contributed by atoms with Crippen LogP contribution in [0.25, 0.3) is 0 Å². The molecule has 0 spiro atoms. The molecule has 1 atom stereocenters. The number of carbonyl (C=O) groups excluding carboxylic acids is 1. The van der Waals surface area contributed by atoms with Crippen LogP contribution < -0.4 is 0 Å². The van der Waals surface area contributed by atoms with Crippen molar-refractivity contribution < 1.29 is 23.1 Å². The molecule has 2 rings (SSSR count). The van der Waals surface area contributed by atoms with Gasteiger partial charge in [0.1, 0.15) is 0 Å². The Bertz CT molecular complexity index is 518. The Hall–Kier alpha value is -1.31. The Kier molecular flexibility index (Phi) is 3.95. The Morgan fingerprint density at radius 3 is 2.40 bits per heavy atom. The highest BCUT2D eigenvalue weighted by Crippen LogP contribution is 2.30.